The van der Waals surface area contributed by atoms with Gasteiger partial charge in [-0.1, -0.05) is 29.9 Å². The van der Waals surface area contributed by atoms with E-state index in [1.165, 1.54) is 11.3 Å². The molecule has 8 heteroatoms. The summed E-state index contributed by atoms with van der Waals surface area (Å²) in [5.41, 5.74) is 0.751. The van der Waals surface area contributed by atoms with Gasteiger partial charge in [0, 0.05) is 30.1 Å². The van der Waals surface area contributed by atoms with E-state index in [0.29, 0.717) is 16.7 Å². The summed E-state index contributed by atoms with van der Waals surface area (Å²) in [7, 11) is 0. The zero-order chi connectivity index (χ0) is 17.1. The summed E-state index contributed by atoms with van der Waals surface area (Å²) in [6.45, 7) is 2.42. The van der Waals surface area contributed by atoms with Crippen LogP contribution in [0, 0.1) is 5.92 Å². The summed E-state index contributed by atoms with van der Waals surface area (Å²) in [5.74, 6) is -0.660. The predicted octanol–water partition coefficient (Wildman–Crippen LogP) is 3.14. The van der Waals surface area contributed by atoms with Crippen molar-refractivity contribution in [1.82, 2.24) is 10.2 Å². The molecule has 1 N–H and O–H groups in total. The average Bonchev–Trinajstić information content (AvgIpc) is 3.15. The molecule has 2 aromatic rings. The highest BCUT2D eigenvalue weighted by atomic mass is 35.5. The highest BCUT2D eigenvalue weighted by Gasteiger charge is 2.35. The fraction of sp³-hybridized carbons (Fsp3) is 0.375. The van der Waals surface area contributed by atoms with Crippen molar-refractivity contribution < 1.29 is 9.59 Å². The van der Waals surface area contributed by atoms with Crippen LogP contribution >= 0.6 is 22.9 Å². The summed E-state index contributed by atoms with van der Waals surface area (Å²) in [4.78, 5) is 26.2. The van der Waals surface area contributed by atoms with Crippen LogP contribution in [-0.4, -0.2) is 28.6 Å². The van der Waals surface area contributed by atoms with Crippen molar-refractivity contribution in [2.75, 3.05) is 16.8 Å². The maximum atomic E-state index is 12.4. The number of benzene rings is 1. The van der Waals surface area contributed by atoms with Gasteiger partial charge in [0.15, 0.2) is 0 Å². The lowest BCUT2D eigenvalue weighted by Crippen LogP contribution is -2.28. The topological polar surface area (TPSA) is 75.2 Å². The molecule has 0 spiro atoms. The van der Waals surface area contributed by atoms with E-state index >= 15 is 0 Å². The smallest absolute Gasteiger partial charge is 0.231 e. The van der Waals surface area contributed by atoms with Gasteiger partial charge < -0.3 is 10.2 Å². The Kier molecular flexibility index (Phi) is 5.11. The molecule has 1 saturated heterocycles. The molecule has 1 aromatic carbocycles. The van der Waals surface area contributed by atoms with Crippen LogP contribution in [-0.2, 0) is 16.0 Å². The van der Waals surface area contributed by atoms with Gasteiger partial charge in [0.25, 0.3) is 0 Å². The Morgan fingerprint density at radius 3 is 2.83 bits per heavy atom. The van der Waals surface area contributed by atoms with Crippen molar-refractivity contribution in [2.24, 2.45) is 5.92 Å². The van der Waals surface area contributed by atoms with Crippen LogP contribution in [0.4, 0.5) is 10.8 Å². The SMILES string of the molecule is CCCc1nnc(NC(=O)[C@@H]2CC(=O)N(c3ccc(Cl)cc3)C2)s1. The third-order valence-corrected chi connectivity index (χ3v) is 4.95. The number of rotatable bonds is 5. The van der Waals surface area contributed by atoms with Crippen LogP contribution in [0.3, 0.4) is 0 Å². The predicted molar refractivity (Wildman–Crippen MR) is 94.4 cm³/mol. The molecule has 0 aliphatic carbocycles. The van der Waals surface area contributed by atoms with Crippen LogP contribution in [0.1, 0.15) is 24.8 Å². The molecule has 0 radical (unpaired) electrons. The molecule has 2 heterocycles. The molecular formula is C16H17ClN4O2S. The first-order valence-electron chi connectivity index (χ1n) is 7.76. The van der Waals surface area contributed by atoms with Crippen LogP contribution in [0.5, 0.6) is 0 Å². The number of nitrogens with zero attached hydrogens (tertiary/aromatic N) is 3. The molecule has 1 fully saturated rings. The fourth-order valence-electron chi connectivity index (χ4n) is 2.58. The fourth-order valence-corrected chi connectivity index (χ4v) is 3.55. The summed E-state index contributed by atoms with van der Waals surface area (Å²) in [5, 5.41) is 12.8. The van der Waals surface area contributed by atoms with E-state index in [9.17, 15) is 9.59 Å². The Morgan fingerprint density at radius 1 is 1.38 bits per heavy atom. The first kappa shape index (κ1) is 16.9. The first-order chi connectivity index (χ1) is 11.6. The lowest BCUT2D eigenvalue weighted by atomic mass is 10.1. The molecule has 1 aromatic heterocycles. The van der Waals surface area contributed by atoms with Gasteiger partial charge in [0.05, 0.1) is 5.92 Å². The molecule has 1 atom stereocenters. The Hall–Kier alpha value is -1.99. The van der Waals surface area contributed by atoms with Crippen LogP contribution < -0.4 is 10.2 Å². The Bertz CT molecular complexity index is 747. The number of amides is 2. The summed E-state index contributed by atoms with van der Waals surface area (Å²) >= 11 is 7.25. The number of halogens is 1. The largest absolute Gasteiger partial charge is 0.312 e. The number of hydrogen-bond acceptors (Lipinski definition) is 5. The maximum Gasteiger partial charge on any atom is 0.231 e. The summed E-state index contributed by atoms with van der Waals surface area (Å²) in [6, 6.07) is 7.02. The molecule has 0 unspecified atom stereocenters. The van der Waals surface area contributed by atoms with Gasteiger partial charge in [-0.05, 0) is 30.7 Å². The lowest BCUT2D eigenvalue weighted by molar-refractivity contribution is -0.122. The highest BCUT2D eigenvalue weighted by molar-refractivity contribution is 7.15. The van der Waals surface area contributed by atoms with Gasteiger partial charge in [0.1, 0.15) is 5.01 Å². The molecule has 3 rings (SSSR count). The molecule has 0 bridgehead atoms. The van der Waals surface area contributed by atoms with Crippen molar-refractivity contribution in [1.29, 1.82) is 0 Å². The Labute approximate surface area is 148 Å². The van der Waals surface area contributed by atoms with Gasteiger partial charge in [-0.2, -0.15) is 0 Å². The minimum atomic E-state index is -0.397. The number of aromatic nitrogens is 2. The van der Waals surface area contributed by atoms with Crippen molar-refractivity contribution >= 4 is 45.6 Å². The van der Waals surface area contributed by atoms with E-state index in [2.05, 4.69) is 22.4 Å². The van der Waals surface area contributed by atoms with Gasteiger partial charge in [-0.3, -0.25) is 9.59 Å². The lowest BCUT2D eigenvalue weighted by Gasteiger charge is -2.16. The second-order valence-electron chi connectivity index (χ2n) is 5.62. The van der Waals surface area contributed by atoms with Gasteiger partial charge >= 0.3 is 0 Å². The number of carbonyl (C=O) groups is 2. The van der Waals surface area contributed by atoms with Crippen LogP contribution in [0.2, 0.25) is 5.02 Å². The quantitative estimate of drug-likeness (QED) is 0.884. The molecule has 126 valence electrons. The number of aryl methyl sites for hydroxylation is 1. The van der Waals surface area contributed by atoms with Crippen molar-refractivity contribution in [3.63, 3.8) is 0 Å². The molecule has 24 heavy (non-hydrogen) atoms. The summed E-state index contributed by atoms with van der Waals surface area (Å²) in [6.07, 6.45) is 2.02. The molecule has 1 aliphatic heterocycles. The van der Waals surface area contributed by atoms with Crippen molar-refractivity contribution in [3.8, 4) is 0 Å². The Morgan fingerprint density at radius 2 is 2.12 bits per heavy atom. The number of anilines is 2. The normalized spacial score (nSPS) is 17.3. The zero-order valence-corrected chi connectivity index (χ0v) is 14.7. The second-order valence-corrected chi connectivity index (χ2v) is 7.12. The standard InChI is InChI=1S/C16H17ClN4O2S/c1-2-3-13-19-20-16(24-13)18-15(23)10-8-14(22)21(9-10)12-6-4-11(17)5-7-12/h4-7,10H,2-3,8-9H2,1H3,(H,18,20,23)/t10-/m1/s1. The van der Waals surface area contributed by atoms with E-state index in [-0.39, 0.29) is 18.2 Å². The third-order valence-electron chi connectivity index (χ3n) is 3.79. The van der Waals surface area contributed by atoms with Crippen molar-refractivity contribution in [2.45, 2.75) is 26.2 Å². The first-order valence-corrected chi connectivity index (χ1v) is 8.95. The molecule has 0 saturated carbocycles. The van der Waals surface area contributed by atoms with E-state index < -0.39 is 5.92 Å². The van der Waals surface area contributed by atoms with E-state index in [0.717, 1.165) is 23.5 Å². The molecular weight excluding hydrogens is 348 g/mol. The van der Waals surface area contributed by atoms with Gasteiger partial charge in [0.2, 0.25) is 16.9 Å². The molecule has 6 nitrogen and oxygen atoms in total. The second kappa shape index (κ2) is 7.27. The van der Waals surface area contributed by atoms with E-state index in [4.69, 9.17) is 11.6 Å². The van der Waals surface area contributed by atoms with E-state index in [1.54, 1.807) is 29.2 Å². The molecule has 2 amide bonds. The van der Waals surface area contributed by atoms with Gasteiger partial charge in [-0.15, -0.1) is 10.2 Å². The number of nitrogens with one attached hydrogen (secondary N) is 1. The molecule has 1 aliphatic rings. The minimum absolute atomic E-state index is 0.0681. The number of carbonyl (C=O) groups excluding carboxylic acids is 2. The Balaban J connectivity index is 1.64. The third kappa shape index (κ3) is 3.73. The maximum absolute atomic E-state index is 12.4. The van der Waals surface area contributed by atoms with E-state index in [1.807, 2.05) is 0 Å². The zero-order valence-electron chi connectivity index (χ0n) is 13.2. The highest BCUT2D eigenvalue weighted by Crippen LogP contribution is 2.27. The monoisotopic (exact) mass is 364 g/mol. The average molecular weight is 365 g/mol. The van der Waals surface area contributed by atoms with Crippen LogP contribution in [0.25, 0.3) is 0 Å². The minimum Gasteiger partial charge on any atom is -0.312 e. The van der Waals surface area contributed by atoms with Crippen LogP contribution in [0.15, 0.2) is 24.3 Å². The number of hydrogen-bond donors (Lipinski definition) is 1. The summed E-state index contributed by atoms with van der Waals surface area (Å²) < 4.78 is 0. The van der Waals surface area contributed by atoms with Gasteiger partial charge in [-0.25, -0.2) is 0 Å². The van der Waals surface area contributed by atoms with Crippen molar-refractivity contribution in [3.05, 3.63) is 34.3 Å².